The van der Waals surface area contributed by atoms with Crippen LogP contribution < -0.4 is 0 Å². The fourth-order valence-electron chi connectivity index (χ4n) is 2.98. The van der Waals surface area contributed by atoms with E-state index in [1.54, 1.807) is 23.4 Å². The minimum Gasteiger partial charge on any atom is -0.339 e. The molecule has 3 heterocycles. The second kappa shape index (κ2) is 7.85. The molecule has 4 rings (SSSR count). The van der Waals surface area contributed by atoms with Crippen LogP contribution in [-0.4, -0.2) is 48.9 Å². The van der Waals surface area contributed by atoms with E-state index in [2.05, 4.69) is 24.5 Å². The zero-order valence-corrected chi connectivity index (χ0v) is 16.6. The number of benzene rings is 1. The van der Waals surface area contributed by atoms with Gasteiger partial charge in [-0.2, -0.15) is 0 Å². The number of imidazole rings is 1. The van der Waals surface area contributed by atoms with Gasteiger partial charge in [0.25, 0.3) is 5.91 Å². The zero-order chi connectivity index (χ0) is 19.5. The van der Waals surface area contributed by atoms with Gasteiger partial charge in [0.15, 0.2) is 10.8 Å². The van der Waals surface area contributed by atoms with Gasteiger partial charge in [-0.05, 0) is 24.6 Å². The molecule has 0 saturated heterocycles. The summed E-state index contributed by atoms with van der Waals surface area (Å²) < 4.78 is 2.07. The zero-order valence-electron chi connectivity index (χ0n) is 15.7. The van der Waals surface area contributed by atoms with Crippen molar-refractivity contribution in [3.63, 3.8) is 0 Å². The molecule has 0 radical (unpaired) electrons. The number of hydrogen-bond donors (Lipinski definition) is 0. The van der Waals surface area contributed by atoms with Crippen molar-refractivity contribution in [2.45, 2.75) is 19.9 Å². The molecule has 1 aromatic carbocycles. The molecule has 1 amide bonds. The highest BCUT2D eigenvalue weighted by Crippen LogP contribution is 2.27. The van der Waals surface area contributed by atoms with Crippen molar-refractivity contribution in [2.24, 2.45) is 0 Å². The van der Waals surface area contributed by atoms with E-state index in [1.807, 2.05) is 44.6 Å². The van der Waals surface area contributed by atoms with Crippen molar-refractivity contribution in [1.29, 1.82) is 0 Å². The van der Waals surface area contributed by atoms with Gasteiger partial charge >= 0.3 is 0 Å². The Hall–Kier alpha value is -3.13. The van der Waals surface area contributed by atoms with E-state index in [4.69, 9.17) is 0 Å². The minimum atomic E-state index is -0.0269. The lowest BCUT2D eigenvalue weighted by Gasteiger charge is -2.17. The topological polar surface area (TPSA) is 76.8 Å². The fourth-order valence-corrected chi connectivity index (χ4v) is 4.08. The van der Waals surface area contributed by atoms with Crippen LogP contribution >= 0.6 is 11.3 Å². The smallest absolute Gasteiger partial charge is 0.265 e. The Balaban J connectivity index is 1.51. The molecule has 0 aliphatic heterocycles. The SMILES string of the molecule is CCc1nc(-c2ncccn2)sc1C(=O)N(C)CCn1cnc2ccccc21. The molecule has 0 aliphatic carbocycles. The summed E-state index contributed by atoms with van der Waals surface area (Å²) in [4.78, 5) is 32.9. The molecule has 7 nitrogen and oxygen atoms in total. The lowest BCUT2D eigenvalue weighted by molar-refractivity contribution is 0.0794. The van der Waals surface area contributed by atoms with E-state index in [0.717, 1.165) is 16.7 Å². The number of carbonyl (C=O) groups is 1. The summed E-state index contributed by atoms with van der Waals surface area (Å²) in [7, 11) is 1.82. The van der Waals surface area contributed by atoms with Crippen molar-refractivity contribution in [1.82, 2.24) is 29.4 Å². The number of hydrogen-bond acceptors (Lipinski definition) is 6. The Morgan fingerprint density at radius 1 is 1.14 bits per heavy atom. The molecule has 142 valence electrons. The molecule has 0 atom stereocenters. The first-order valence-corrected chi connectivity index (χ1v) is 9.91. The van der Waals surface area contributed by atoms with Gasteiger partial charge in [-0.15, -0.1) is 11.3 Å². The molecule has 0 fully saturated rings. The standard InChI is InChI=1S/C20H20N6OS/c1-3-14-17(28-19(24-14)18-21-9-6-10-22-18)20(27)25(2)11-12-26-13-23-15-7-4-5-8-16(15)26/h4-10,13H,3,11-12H2,1-2H3. The fraction of sp³-hybridized carbons (Fsp3) is 0.250. The molecule has 0 unspecified atom stereocenters. The maximum atomic E-state index is 13.0. The van der Waals surface area contributed by atoms with E-state index in [0.29, 0.717) is 35.2 Å². The molecule has 28 heavy (non-hydrogen) atoms. The predicted molar refractivity (Wildman–Crippen MR) is 109 cm³/mol. The number of fused-ring (bicyclic) bond motifs is 1. The Morgan fingerprint density at radius 2 is 1.93 bits per heavy atom. The highest BCUT2D eigenvalue weighted by molar-refractivity contribution is 7.17. The van der Waals surface area contributed by atoms with E-state index in [9.17, 15) is 4.79 Å². The molecule has 0 saturated carbocycles. The second-order valence-electron chi connectivity index (χ2n) is 6.37. The molecule has 0 aliphatic rings. The van der Waals surface area contributed by atoms with Gasteiger partial charge in [-0.1, -0.05) is 19.1 Å². The summed E-state index contributed by atoms with van der Waals surface area (Å²) >= 11 is 1.35. The van der Waals surface area contributed by atoms with E-state index < -0.39 is 0 Å². The largest absolute Gasteiger partial charge is 0.339 e. The van der Waals surface area contributed by atoms with Gasteiger partial charge < -0.3 is 9.47 Å². The molecule has 3 aromatic heterocycles. The number of likely N-dealkylation sites (N-methyl/N-ethyl adjacent to an activating group) is 1. The van der Waals surface area contributed by atoms with Crippen LogP contribution in [0, 0.1) is 0 Å². The monoisotopic (exact) mass is 392 g/mol. The van der Waals surface area contributed by atoms with Crippen LogP contribution in [0.3, 0.4) is 0 Å². The van der Waals surface area contributed by atoms with Gasteiger partial charge in [-0.3, -0.25) is 4.79 Å². The van der Waals surface area contributed by atoms with Crippen LogP contribution in [0.2, 0.25) is 0 Å². The van der Waals surface area contributed by atoms with E-state index in [-0.39, 0.29) is 5.91 Å². The Labute approximate surface area is 166 Å². The van der Waals surface area contributed by atoms with Gasteiger partial charge in [0, 0.05) is 32.5 Å². The van der Waals surface area contributed by atoms with Crippen LogP contribution in [0.15, 0.2) is 49.1 Å². The summed E-state index contributed by atoms with van der Waals surface area (Å²) in [6.07, 6.45) is 5.86. The number of carbonyl (C=O) groups excluding carboxylic acids is 1. The maximum Gasteiger partial charge on any atom is 0.265 e. The molecule has 0 N–H and O–H groups in total. The quantitative estimate of drug-likeness (QED) is 0.503. The number of para-hydroxylation sites is 2. The van der Waals surface area contributed by atoms with Crippen molar-refractivity contribution in [3.05, 3.63) is 59.6 Å². The number of thiazole rings is 1. The van der Waals surface area contributed by atoms with Gasteiger partial charge in [0.05, 0.1) is 23.1 Å². The van der Waals surface area contributed by atoms with Gasteiger partial charge in [0.2, 0.25) is 0 Å². The molecule has 0 spiro atoms. The number of aryl methyl sites for hydroxylation is 1. The minimum absolute atomic E-state index is 0.0269. The van der Waals surface area contributed by atoms with Gasteiger partial charge in [0.1, 0.15) is 4.88 Å². The summed E-state index contributed by atoms with van der Waals surface area (Å²) in [5.74, 6) is 0.523. The normalized spacial score (nSPS) is 11.1. The number of aromatic nitrogens is 5. The summed E-state index contributed by atoms with van der Waals surface area (Å²) in [5.41, 5.74) is 2.82. The second-order valence-corrected chi connectivity index (χ2v) is 7.37. The molecule has 8 heteroatoms. The molecule has 0 bridgehead atoms. The predicted octanol–water partition coefficient (Wildman–Crippen LogP) is 3.28. The number of nitrogens with zero attached hydrogens (tertiary/aromatic N) is 6. The van der Waals surface area contributed by atoms with Crippen molar-refractivity contribution < 1.29 is 4.79 Å². The summed E-state index contributed by atoms with van der Waals surface area (Å²) in [6, 6.07) is 9.75. The average Bonchev–Trinajstić information content (AvgIpc) is 3.36. The van der Waals surface area contributed by atoms with Crippen LogP contribution in [0.1, 0.15) is 22.3 Å². The highest BCUT2D eigenvalue weighted by atomic mass is 32.1. The Morgan fingerprint density at radius 3 is 2.71 bits per heavy atom. The summed E-state index contributed by atoms with van der Waals surface area (Å²) in [6.45, 7) is 3.26. The third-order valence-corrected chi connectivity index (χ3v) is 5.62. The van der Waals surface area contributed by atoms with Crippen molar-refractivity contribution in [3.8, 4) is 10.8 Å². The van der Waals surface area contributed by atoms with E-state index in [1.165, 1.54) is 11.3 Å². The Bertz CT molecular complexity index is 1100. The van der Waals surface area contributed by atoms with Crippen LogP contribution in [0.4, 0.5) is 0 Å². The molecular formula is C20H20N6OS. The molecule has 4 aromatic rings. The first-order chi connectivity index (χ1) is 13.7. The van der Waals surface area contributed by atoms with Crippen molar-refractivity contribution >= 4 is 28.3 Å². The first-order valence-electron chi connectivity index (χ1n) is 9.09. The van der Waals surface area contributed by atoms with Crippen LogP contribution in [0.5, 0.6) is 0 Å². The average molecular weight is 392 g/mol. The highest BCUT2D eigenvalue weighted by Gasteiger charge is 2.21. The maximum absolute atomic E-state index is 13.0. The third kappa shape index (κ3) is 3.50. The number of amides is 1. The lowest BCUT2D eigenvalue weighted by Crippen LogP contribution is -2.30. The first kappa shape index (κ1) is 18.2. The third-order valence-electron chi connectivity index (χ3n) is 4.53. The summed E-state index contributed by atoms with van der Waals surface area (Å²) in [5, 5.41) is 0.676. The van der Waals surface area contributed by atoms with Gasteiger partial charge in [-0.25, -0.2) is 19.9 Å². The van der Waals surface area contributed by atoms with Crippen molar-refractivity contribution in [2.75, 3.05) is 13.6 Å². The van der Waals surface area contributed by atoms with Crippen LogP contribution in [0.25, 0.3) is 21.9 Å². The molecular weight excluding hydrogens is 372 g/mol. The lowest BCUT2D eigenvalue weighted by atomic mass is 10.2. The Kier molecular flexibility index (Phi) is 5.12. The van der Waals surface area contributed by atoms with E-state index >= 15 is 0 Å². The van der Waals surface area contributed by atoms with Crippen LogP contribution in [-0.2, 0) is 13.0 Å². The number of rotatable bonds is 6.